The van der Waals surface area contributed by atoms with E-state index in [1.54, 1.807) is 6.92 Å². The molecular formula is C10H19NO2. The third-order valence-corrected chi connectivity index (χ3v) is 1.66. The van der Waals surface area contributed by atoms with E-state index in [-0.39, 0.29) is 11.9 Å². The molecule has 0 saturated carbocycles. The van der Waals surface area contributed by atoms with Gasteiger partial charge in [-0.2, -0.15) is 0 Å². The van der Waals surface area contributed by atoms with Gasteiger partial charge in [0.05, 0.1) is 12.2 Å². The number of carbonyl (C=O) groups excluding carboxylic acids is 1. The van der Waals surface area contributed by atoms with Crippen LogP contribution in [-0.4, -0.2) is 12.6 Å². The van der Waals surface area contributed by atoms with Gasteiger partial charge in [0, 0.05) is 5.70 Å². The Labute approximate surface area is 79.9 Å². The van der Waals surface area contributed by atoms with Crippen molar-refractivity contribution in [1.82, 2.24) is 0 Å². The molecule has 0 atom stereocenters. The molecule has 3 heteroatoms. The second-order valence-electron chi connectivity index (χ2n) is 3.39. The van der Waals surface area contributed by atoms with Crippen LogP contribution in [0.15, 0.2) is 11.3 Å². The van der Waals surface area contributed by atoms with E-state index in [1.165, 1.54) is 0 Å². The highest BCUT2D eigenvalue weighted by Gasteiger charge is 2.16. The lowest BCUT2D eigenvalue weighted by molar-refractivity contribution is -0.139. The molecule has 0 aromatic carbocycles. The van der Waals surface area contributed by atoms with Gasteiger partial charge in [-0.3, -0.25) is 0 Å². The van der Waals surface area contributed by atoms with Gasteiger partial charge in [0.1, 0.15) is 0 Å². The largest absolute Gasteiger partial charge is 0.462 e. The molecule has 0 heterocycles. The Kier molecular flexibility index (Phi) is 5.19. The molecule has 0 spiro atoms. The fraction of sp³-hybridized carbons (Fsp3) is 0.700. The fourth-order valence-corrected chi connectivity index (χ4v) is 1.12. The minimum atomic E-state index is -0.281. The molecule has 0 aromatic rings. The minimum Gasteiger partial charge on any atom is -0.462 e. The minimum absolute atomic E-state index is 0.120. The molecule has 0 radical (unpaired) electrons. The first-order valence-electron chi connectivity index (χ1n) is 4.64. The summed E-state index contributed by atoms with van der Waals surface area (Å²) >= 11 is 0. The number of ether oxygens (including phenoxy) is 1. The van der Waals surface area contributed by atoms with Crippen LogP contribution in [0.2, 0.25) is 0 Å². The highest BCUT2D eigenvalue weighted by molar-refractivity contribution is 5.89. The van der Waals surface area contributed by atoms with E-state index in [1.807, 2.05) is 20.8 Å². The molecule has 13 heavy (non-hydrogen) atoms. The summed E-state index contributed by atoms with van der Waals surface area (Å²) in [6, 6.07) is 0. The monoisotopic (exact) mass is 185 g/mol. The van der Waals surface area contributed by atoms with E-state index in [0.717, 1.165) is 6.42 Å². The van der Waals surface area contributed by atoms with Crippen molar-refractivity contribution in [3.63, 3.8) is 0 Å². The third kappa shape index (κ3) is 3.97. The van der Waals surface area contributed by atoms with Crippen LogP contribution in [0.1, 0.15) is 34.1 Å². The van der Waals surface area contributed by atoms with Crippen LogP contribution < -0.4 is 5.73 Å². The molecule has 0 bridgehead atoms. The van der Waals surface area contributed by atoms with Gasteiger partial charge in [0.25, 0.3) is 0 Å². The maximum absolute atomic E-state index is 11.4. The van der Waals surface area contributed by atoms with Crippen molar-refractivity contribution in [3.8, 4) is 0 Å². The van der Waals surface area contributed by atoms with Crippen LogP contribution in [0.25, 0.3) is 0 Å². The van der Waals surface area contributed by atoms with Gasteiger partial charge in [-0.1, -0.05) is 20.8 Å². The molecule has 3 nitrogen and oxygen atoms in total. The summed E-state index contributed by atoms with van der Waals surface area (Å²) < 4.78 is 5.00. The number of allylic oxidation sites excluding steroid dienone is 1. The first kappa shape index (κ1) is 12.0. The molecule has 76 valence electrons. The smallest absolute Gasteiger partial charge is 0.336 e. The molecule has 2 N–H and O–H groups in total. The van der Waals surface area contributed by atoms with Crippen LogP contribution in [0.3, 0.4) is 0 Å². The van der Waals surface area contributed by atoms with Gasteiger partial charge in [0.2, 0.25) is 0 Å². The standard InChI is InChI=1S/C10H19NO2/c1-5-6-13-10(12)9(7(2)3)8(4)11/h7H,5-6,11H2,1-4H3. The van der Waals surface area contributed by atoms with Gasteiger partial charge < -0.3 is 10.5 Å². The average Bonchev–Trinajstić information content (AvgIpc) is 1.99. The van der Waals surface area contributed by atoms with Gasteiger partial charge in [-0.25, -0.2) is 4.79 Å². The highest BCUT2D eigenvalue weighted by atomic mass is 16.5. The molecule has 0 aliphatic carbocycles. The Morgan fingerprint density at radius 3 is 2.31 bits per heavy atom. The van der Waals surface area contributed by atoms with Crippen LogP contribution in [0.4, 0.5) is 0 Å². The van der Waals surface area contributed by atoms with Crippen molar-refractivity contribution >= 4 is 5.97 Å². The first-order valence-corrected chi connectivity index (χ1v) is 4.64. The molecule has 0 aliphatic heterocycles. The Morgan fingerprint density at radius 2 is 2.00 bits per heavy atom. The Balaban J connectivity index is 4.41. The van der Waals surface area contributed by atoms with E-state index in [0.29, 0.717) is 17.9 Å². The van der Waals surface area contributed by atoms with Crippen molar-refractivity contribution in [3.05, 3.63) is 11.3 Å². The molecule has 0 aliphatic rings. The number of hydrogen-bond donors (Lipinski definition) is 1. The maximum Gasteiger partial charge on any atom is 0.336 e. The molecule has 0 unspecified atom stereocenters. The second kappa shape index (κ2) is 5.62. The van der Waals surface area contributed by atoms with Crippen molar-refractivity contribution < 1.29 is 9.53 Å². The van der Waals surface area contributed by atoms with Crippen molar-refractivity contribution in [1.29, 1.82) is 0 Å². The predicted octanol–water partition coefficient (Wildman–Crippen LogP) is 1.83. The van der Waals surface area contributed by atoms with E-state index in [9.17, 15) is 4.79 Å². The van der Waals surface area contributed by atoms with Gasteiger partial charge in [-0.15, -0.1) is 0 Å². The van der Waals surface area contributed by atoms with Gasteiger partial charge in [0.15, 0.2) is 0 Å². The molecular weight excluding hydrogens is 166 g/mol. The lowest BCUT2D eigenvalue weighted by Gasteiger charge is -2.12. The number of hydrogen-bond acceptors (Lipinski definition) is 3. The summed E-state index contributed by atoms with van der Waals surface area (Å²) in [5, 5.41) is 0. The first-order chi connectivity index (χ1) is 6.00. The summed E-state index contributed by atoms with van der Waals surface area (Å²) in [5.74, 6) is -0.161. The quantitative estimate of drug-likeness (QED) is 0.537. The lowest BCUT2D eigenvalue weighted by atomic mass is 10.0. The molecule has 0 amide bonds. The number of esters is 1. The Morgan fingerprint density at radius 1 is 1.46 bits per heavy atom. The van der Waals surface area contributed by atoms with Gasteiger partial charge in [-0.05, 0) is 19.3 Å². The maximum atomic E-state index is 11.4. The fourth-order valence-electron chi connectivity index (χ4n) is 1.12. The van der Waals surface area contributed by atoms with Gasteiger partial charge >= 0.3 is 5.97 Å². The van der Waals surface area contributed by atoms with Crippen LogP contribution >= 0.6 is 0 Å². The SMILES string of the molecule is CCCOC(=O)C(=C(C)N)C(C)C. The molecule has 0 saturated heterocycles. The molecule has 0 rings (SSSR count). The summed E-state index contributed by atoms with van der Waals surface area (Å²) in [4.78, 5) is 11.4. The normalized spacial score (nSPS) is 12.7. The molecule has 0 aromatic heterocycles. The lowest BCUT2D eigenvalue weighted by Crippen LogP contribution is -2.17. The predicted molar refractivity (Wildman–Crippen MR) is 53.0 cm³/mol. The Bertz CT molecular complexity index is 203. The number of rotatable bonds is 4. The van der Waals surface area contributed by atoms with E-state index < -0.39 is 0 Å². The van der Waals surface area contributed by atoms with Crippen molar-refractivity contribution in [2.45, 2.75) is 34.1 Å². The molecule has 0 fully saturated rings. The highest BCUT2D eigenvalue weighted by Crippen LogP contribution is 2.13. The second-order valence-corrected chi connectivity index (χ2v) is 3.39. The third-order valence-electron chi connectivity index (χ3n) is 1.66. The summed E-state index contributed by atoms with van der Waals surface area (Å²) in [6.07, 6.45) is 0.834. The average molecular weight is 185 g/mol. The zero-order valence-corrected chi connectivity index (χ0v) is 8.89. The zero-order chi connectivity index (χ0) is 10.4. The van der Waals surface area contributed by atoms with Crippen molar-refractivity contribution in [2.75, 3.05) is 6.61 Å². The van der Waals surface area contributed by atoms with E-state index in [2.05, 4.69) is 0 Å². The van der Waals surface area contributed by atoms with E-state index >= 15 is 0 Å². The summed E-state index contributed by atoms with van der Waals surface area (Å²) in [7, 11) is 0. The topological polar surface area (TPSA) is 52.3 Å². The van der Waals surface area contributed by atoms with Crippen LogP contribution in [0.5, 0.6) is 0 Å². The van der Waals surface area contributed by atoms with Crippen LogP contribution in [-0.2, 0) is 9.53 Å². The summed E-state index contributed by atoms with van der Waals surface area (Å²) in [6.45, 7) is 8.00. The summed E-state index contributed by atoms with van der Waals surface area (Å²) in [5.41, 5.74) is 6.73. The van der Waals surface area contributed by atoms with Crippen LogP contribution in [0, 0.1) is 5.92 Å². The zero-order valence-electron chi connectivity index (χ0n) is 8.89. The van der Waals surface area contributed by atoms with Crippen molar-refractivity contribution in [2.24, 2.45) is 11.7 Å². The Hall–Kier alpha value is -0.990. The number of nitrogens with two attached hydrogens (primary N) is 1. The van der Waals surface area contributed by atoms with E-state index in [4.69, 9.17) is 10.5 Å². The number of carbonyl (C=O) groups is 1.